The zero-order valence-electron chi connectivity index (χ0n) is 18.9. The molecule has 0 fully saturated rings. The summed E-state index contributed by atoms with van der Waals surface area (Å²) in [5.74, 6) is -4.79. The van der Waals surface area contributed by atoms with Crippen molar-refractivity contribution < 1.29 is 34.2 Å². The van der Waals surface area contributed by atoms with Gasteiger partial charge in [0.1, 0.15) is 24.7 Å². The molecule has 32 heavy (non-hydrogen) atoms. The van der Waals surface area contributed by atoms with Gasteiger partial charge in [0, 0.05) is 5.75 Å². The number of carbonyl (C=O) groups is 5. The molecule has 184 valence electrons. The summed E-state index contributed by atoms with van der Waals surface area (Å²) < 4.78 is 0. The first kappa shape index (κ1) is 29.6. The zero-order valence-corrected chi connectivity index (χ0v) is 19.8. The Balaban J connectivity index is 5.42. The molecule has 12 nitrogen and oxygen atoms in total. The van der Waals surface area contributed by atoms with E-state index in [9.17, 15) is 29.1 Å². The fourth-order valence-electron chi connectivity index (χ4n) is 2.58. The summed E-state index contributed by atoms with van der Waals surface area (Å²) in [6.45, 7) is 7.29. The van der Waals surface area contributed by atoms with Gasteiger partial charge in [-0.1, -0.05) is 27.7 Å². The van der Waals surface area contributed by atoms with E-state index in [0.29, 0.717) is 0 Å². The predicted octanol–water partition coefficient (Wildman–Crippen LogP) is -2.41. The van der Waals surface area contributed by atoms with E-state index in [2.05, 4.69) is 33.9 Å². The maximum atomic E-state index is 12.8. The average molecular weight is 478 g/mol. The number of thiol groups is 1. The van der Waals surface area contributed by atoms with E-state index in [4.69, 9.17) is 10.8 Å². The number of rotatable bonds is 13. The van der Waals surface area contributed by atoms with Gasteiger partial charge in [0.2, 0.25) is 23.6 Å². The summed E-state index contributed by atoms with van der Waals surface area (Å²) in [4.78, 5) is 60.5. The minimum atomic E-state index is -1.44. The SMILES string of the molecule is CC(C)[C@H](NC(=O)[C@@H](NC(=O)[C@@H](N)CS)C(C)C)C(=O)N[C@H](C(=O)NCC(=O)O)[C@@H](C)O. The van der Waals surface area contributed by atoms with Gasteiger partial charge in [-0.3, -0.25) is 24.0 Å². The average Bonchev–Trinajstić information content (AvgIpc) is 2.70. The molecule has 0 unspecified atom stereocenters. The molecular weight excluding hydrogens is 442 g/mol. The van der Waals surface area contributed by atoms with Gasteiger partial charge in [-0.2, -0.15) is 12.6 Å². The summed E-state index contributed by atoms with van der Waals surface area (Å²) in [7, 11) is 0. The Morgan fingerprint density at radius 1 is 0.781 bits per heavy atom. The Labute approximate surface area is 192 Å². The van der Waals surface area contributed by atoms with Crippen molar-refractivity contribution in [1.29, 1.82) is 0 Å². The Bertz CT molecular complexity index is 687. The maximum Gasteiger partial charge on any atom is 0.322 e. The third kappa shape index (κ3) is 9.83. The van der Waals surface area contributed by atoms with Gasteiger partial charge in [0.25, 0.3) is 0 Å². The number of nitrogens with one attached hydrogen (secondary N) is 4. The first-order chi connectivity index (χ1) is 14.7. The molecule has 0 radical (unpaired) electrons. The van der Waals surface area contributed by atoms with Crippen LogP contribution in [0.5, 0.6) is 0 Å². The smallest absolute Gasteiger partial charge is 0.322 e. The molecule has 0 aliphatic carbocycles. The van der Waals surface area contributed by atoms with Crippen LogP contribution in [0, 0.1) is 11.8 Å². The van der Waals surface area contributed by atoms with Gasteiger partial charge in [0.15, 0.2) is 0 Å². The molecule has 0 saturated heterocycles. The van der Waals surface area contributed by atoms with Crippen molar-refractivity contribution in [3.05, 3.63) is 0 Å². The zero-order chi connectivity index (χ0) is 25.2. The van der Waals surface area contributed by atoms with Crippen LogP contribution in [0.15, 0.2) is 0 Å². The number of nitrogens with two attached hydrogens (primary N) is 1. The highest BCUT2D eigenvalue weighted by Crippen LogP contribution is 2.08. The van der Waals surface area contributed by atoms with Crippen LogP contribution in [-0.4, -0.2) is 82.4 Å². The number of carboxylic acids is 1. The lowest BCUT2D eigenvalue weighted by Gasteiger charge is -2.29. The van der Waals surface area contributed by atoms with Gasteiger partial charge >= 0.3 is 5.97 Å². The van der Waals surface area contributed by atoms with E-state index in [1.54, 1.807) is 27.7 Å². The second kappa shape index (κ2) is 13.9. The molecular formula is C19H35N5O7S. The third-order valence-electron chi connectivity index (χ3n) is 4.50. The topological polar surface area (TPSA) is 200 Å². The lowest BCUT2D eigenvalue weighted by atomic mass is 9.99. The lowest BCUT2D eigenvalue weighted by molar-refractivity contribution is -0.139. The molecule has 0 heterocycles. The molecule has 0 aromatic rings. The summed E-state index contributed by atoms with van der Waals surface area (Å²) in [6, 6.07) is -4.43. The fraction of sp³-hybridized carbons (Fsp3) is 0.737. The number of hydrogen-bond donors (Lipinski definition) is 8. The molecule has 8 N–H and O–H groups in total. The lowest BCUT2D eigenvalue weighted by Crippen LogP contribution is -2.61. The molecule has 0 aliphatic heterocycles. The van der Waals surface area contributed by atoms with Crippen LogP contribution in [-0.2, 0) is 24.0 Å². The Morgan fingerprint density at radius 2 is 1.19 bits per heavy atom. The molecule has 0 rings (SSSR count). The Kier molecular flexibility index (Phi) is 12.9. The number of aliphatic carboxylic acids is 1. The van der Waals surface area contributed by atoms with Gasteiger partial charge in [-0.25, -0.2) is 0 Å². The molecule has 0 spiro atoms. The highest BCUT2D eigenvalue weighted by molar-refractivity contribution is 7.80. The minimum Gasteiger partial charge on any atom is -0.480 e. The molecule has 5 atom stereocenters. The predicted molar refractivity (Wildman–Crippen MR) is 120 cm³/mol. The van der Waals surface area contributed by atoms with Crippen molar-refractivity contribution in [2.24, 2.45) is 17.6 Å². The normalized spacial score (nSPS) is 15.8. The van der Waals surface area contributed by atoms with Gasteiger partial charge in [-0.05, 0) is 18.8 Å². The van der Waals surface area contributed by atoms with Crippen molar-refractivity contribution in [2.75, 3.05) is 12.3 Å². The van der Waals surface area contributed by atoms with Crippen LogP contribution >= 0.6 is 12.6 Å². The van der Waals surface area contributed by atoms with Gasteiger partial charge < -0.3 is 37.2 Å². The summed E-state index contributed by atoms with van der Waals surface area (Å²) in [5.41, 5.74) is 5.64. The number of aliphatic hydroxyl groups is 1. The number of carbonyl (C=O) groups excluding carboxylic acids is 4. The van der Waals surface area contributed by atoms with Crippen molar-refractivity contribution in [2.45, 2.75) is 64.9 Å². The van der Waals surface area contributed by atoms with Gasteiger partial charge in [-0.15, -0.1) is 0 Å². The number of amides is 4. The third-order valence-corrected chi connectivity index (χ3v) is 4.90. The second-order valence-electron chi connectivity index (χ2n) is 8.09. The van der Waals surface area contributed by atoms with E-state index in [-0.39, 0.29) is 11.7 Å². The second-order valence-corrected chi connectivity index (χ2v) is 8.45. The van der Waals surface area contributed by atoms with Crippen molar-refractivity contribution >= 4 is 42.2 Å². The van der Waals surface area contributed by atoms with Crippen LogP contribution < -0.4 is 27.0 Å². The highest BCUT2D eigenvalue weighted by Gasteiger charge is 2.34. The first-order valence-corrected chi connectivity index (χ1v) is 10.8. The Hall–Kier alpha value is -2.38. The number of carboxylic acid groups (broad SMARTS) is 1. The molecule has 0 bridgehead atoms. The Morgan fingerprint density at radius 3 is 1.53 bits per heavy atom. The molecule has 0 aromatic heterocycles. The number of hydrogen-bond acceptors (Lipinski definition) is 8. The van der Waals surface area contributed by atoms with Crippen molar-refractivity contribution in [3.63, 3.8) is 0 Å². The molecule has 0 saturated carbocycles. The van der Waals surface area contributed by atoms with Crippen molar-refractivity contribution in [1.82, 2.24) is 21.3 Å². The van der Waals surface area contributed by atoms with Crippen LogP contribution in [0.3, 0.4) is 0 Å². The molecule has 13 heteroatoms. The quantitative estimate of drug-likeness (QED) is 0.134. The number of aliphatic hydroxyl groups excluding tert-OH is 1. The van der Waals surface area contributed by atoms with Crippen LogP contribution in [0.4, 0.5) is 0 Å². The van der Waals surface area contributed by atoms with E-state index in [1.165, 1.54) is 6.92 Å². The highest BCUT2D eigenvalue weighted by atomic mass is 32.1. The van der Waals surface area contributed by atoms with Crippen LogP contribution in [0.2, 0.25) is 0 Å². The molecule has 0 aromatic carbocycles. The molecule has 0 aliphatic rings. The largest absolute Gasteiger partial charge is 0.480 e. The van der Waals surface area contributed by atoms with Crippen LogP contribution in [0.1, 0.15) is 34.6 Å². The summed E-state index contributed by atoms with van der Waals surface area (Å²) in [6.07, 6.45) is -1.33. The van der Waals surface area contributed by atoms with Crippen molar-refractivity contribution in [3.8, 4) is 0 Å². The van der Waals surface area contributed by atoms with E-state index in [1.807, 2.05) is 0 Å². The fourth-order valence-corrected chi connectivity index (χ4v) is 2.74. The monoisotopic (exact) mass is 477 g/mol. The minimum absolute atomic E-state index is 0.0833. The maximum absolute atomic E-state index is 12.8. The first-order valence-electron chi connectivity index (χ1n) is 10.2. The summed E-state index contributed by atoms with van der Waals surface area (Å²) >= 11 is 3.96. The molecule has 4 amide bonds. The summed E-state index contributed by atoms with van der Waals surface area (Å²) in [5, 5.41) is 28.1. The van der Waals surface area contributed by atoms with Gasteiger partial charge in [0.05, 0.1) is 12.1 Å². The standard InChI is InChI=1S/C19H35N5O7S/c1-8(2)13(22-16(28)11(20)7-32)18(30)23-14(9(3)4)19(31)24-15(10(5)25)17(29)21-6-12(26)27/h8-11,13-15,25,32H,6-7,20H2,1-5H3,(H,21,29)(H,22,28)(H,23,30)(H,24,31)(H,26,27)/t10-,11+,13+,14+,15+/m1/s1. The van der Waals surface area contributed by atoms with E-state index in [0.717, 1.165) is 0 Å². The van der Waals surface area contributed by atoms with E-state index >= 15 is 0 Å². The van der Waals surface area contributed by atoms with Crippen LogP contribution in [0.25, 0.3) is 0 Å². The van der Waals surface area contributed by atoms with E-state index < -0.39 is 72.3 Å².